The first-order chi connectivity index (χ1) is 6.90. The highest BCUT2D eigenvalue weighted by Gasteiger charge is 2.59. The van der Waals surface area contributed by atoms with E-state index in [4.69, 9.17) is 0 Å². The van der Waals surface area contributed by atoms with Crippen LogP contribution in [-0.4, -0.2) is 37.7 Å². The monoisotopic (exact) mass is 253 g/mol. The summed E-state index contributed by atoms with van der Waals surface area (Å²) in [7, 11) is 1.40. The van der Waals surface area contributed by atoms with E-state index in [1.54, 1.807) is 0 Å². The highest BCUT2D eigenvalue weighted by atomic mass is 19.4. The number of likely N-dealkylation sites (N-methyl/N-ethyl adjacent to an activating group) is 1. The van der Waals surface area contributed by atoms with Crippen LogP contribution in [0, 0.1) is 0 Å². The molecule has 8 heteroatoms. The van der Waals surface area contributed by atoms with Crippen LogP contribution in [0.5, 0.6) is 0 Å². The maximum Gasteiger partial charge on any atom is 0.423 e. The minimum absolute atomic E-state index is 0.129. The fourth-order valence-corrected chi connectivity index (χ4v) is 1.11. The second-order valence-electron chi connectivity index (χ2n) is 3.87. The standard InChI is InChI=1S/C8H13F6NO/c1-6(2,4-15-3)16-5(7(9,10)11)8(12,13)14/h5,15H,4H2,1-3H3. The maximum atomic E-state index is 12.1. The summed E-state index contributed by atoms with van der Waals surface area (Å²) in [6.45, 7) is 2.16. The van der Waals surface area contributed by atoms with Gasteiger partial charge in [-0.25, -0.2) is 0 Å². The molecule has 0 atom stereocenters. The molecule has 0 unspecified atom stereocenters. The van der Waals surface area contributed by atoms with Crippen molar-refractivity contribution in [1.29, 1.82) is 0 Å². The van der Waals surface area contributed by atoms with Crippen LogP contribution in [0.3, 0.4) is 0 Å². The van der Waals surface area contributed by atoms with Crippen LogP contribution in [0.4, 0.5) is 26.3 Å². The van der Waals surface area contributed by atoms with Crippen LogP contribution in [0.25, 0.3) is 0 Å². The molecule has 0 aliphatic rings. The van der Waals surface area contributed by atoms with E-state index in [1.165, 1.54) is 7.05 Å². The third-order valence-corrected chi connectivity index (χ3v) is 1.63. The van der Waals surface area contributed by atoms with E-state index in [0.29, 0.717) is 0 Å². The molecule has 2 nitrogen and oxygen atoms in total. The van der Waals surface area contributed by atoms with Crippen LogP contribution in [-0.2, 0) is 4.74 Å². The van der Waals surface area contributed by atoms with Gasteiger partial charge in [-0.05, 0) is 20.9 Å². The van der Waals surface area contributed by atoms with Crippen LogP contribution >= 0.6 is 0 Å². The van der Waals surface area contributed by atoms with Crippen molar-refractivity contribution in [2.24, 2.45) is 0 Å². The van der Waals surface area contributed by atoms with Gasteiger partial charge in [0.05, 0.1) is 5.60 Å². The van der Waals surface area contributed by atoms with Gasteiger partial charge in [-0.1, -0.05) is 0 Å². The zero-order chi connectivity index (χ0) is 13.2. The predicted octanol–water partition coefficient (Wildman–Crippen LogP) is 2.49. The Balaban J connectivity index is 4.83. The molecule has 0 heterocycles. The molecule has 0 bridgehead atoms. The Hall–Kier alpha value is -0.500. The summed E-state index contributed by atoms with van der Waals surface area (Å²) >= 11 is 0. The van der Waals surface area contributed by atoms with Crippen LogP contribution in [0.15, 0.2) is 0 Å². The second-order valence-corrected chi connectivity index (χ2v) is 3.87. The lowest BCUT2D eigenvalue weighted by molar-refractivity contribution is -0.340. The molecule has 0 fully saturated rings. The fraction of sp³-hybridized carbons (Fsp3) is 1.00. The molecule has 0 aromatic rings. The van der Waals surface area contributed by atoms with Gasteiger partial charge in [-0.3, -0.25) is 0 Å². The van der Waals surface area contributed by atoms with Crippen LogP contribution in [0.1, 0.15) is 13.8 Å². The Kier molecular flexibility index (Phi) is 4.64. The van der Waals surface area contributed by atoms with Gasteiger partial charge in [0.25, 0.3) is 0 Å². The number of nitrogens with one attached hydrogen (secondary N) is 1. The predicted molar refractivity (Wildman–Crippen MR) is 45.0 cm³/mol. The van der Waals surface area contributed by atoms with Gasteiger partial charge in [0.2, 0.25) is 6.10 Å². The highest BCUT2D eigenvalue weighted by molar-refractivity contribution is 4.82. The lowest BCUT2D eigenvalue weighted by Gasteiger charge is -2.32. The summed E-state index contributed by atoms with van der Waals surface area (Å²) in [6.07, 6.45) is -14.7. The van der Waals surface area contributed by atoms with Crippen molar-refractivity contribution >= 4 is 0 Å². The highest BCUT2D eigenvalue weighted by Crippen LogP contribution is 2.37. The van der Waals surface area contributed by atoms with Crippen molar-refractivity contribution < 1.29 is 31.1 Å². The molecule has 0 saturated carbocycles. The summed E-state index contributed by atoms with van der Waals surface area (Å²) < 4.78 is 76.8. The number of halogens is 6. The lowest BCUT2D eigenvalue weighted by atomic mass is 10.1. The van der Waals surface area contributed by atoms with Gasteiger partial charge in [0, 0.05) is 6.54 Å². The average Bonchev–Trinajstić information content (AvgIpc) is 1.96. The Morgan fingerprint density at radius 3 is 1.62 bits per heavy atom. The number of ether oxygens (including phenoxy) is 1. The Bertz CT molecular complexity index is 208. The molecule has 0 amide bonds. The second kappa shape index (κ2) is 4.79. The third-order valence-electron chi connectivity index (χ3n) is 1.63. The van der Waals surface area contributed by atoms with Gasteiger partial charge >= 0.3 is 12.4 Å². The van der Waals surface area contributed by atoms with Crippen molar-refractivity contribution in [1.82, 2.24) is 5.32 Å². The molecule has 0 rings (SSSR count). The first-order valence-corrected chi connectivity index (χ1v) is 4.36. The van der Waals surface area contributed by atoms with E-state index in [1.807, 2.05) is 0 Å². The number of rotatable bonds is 4. The van der Waals surface area contributed by atoms with E-state index in [2.05, 4.69) is 10.1 Å². The minimum Gasteiger partial charge on any atom is -0.354 e. The third kappa shape index (κ3) is 5.02. The topological polar surface area (TPSA) is 21.3 Å². The zero-order valence-electron chi connectivity index (χ0n) is 8.96. The SMILES string of the molecule is CNCC(C)(C)OC(C(F)(F)F)C(F)(F)F. The zero-order valence-corrected chi connectivity index (χ0v) is 8.96. The maximum absolute atomic E-state index is 12.1. The summed E-state index contributed by atoms with van der Waals surface area (Å²) in [5.74, 6) is 0. The number of hydrogen-bond donors (Lipinski definition) is 1. The summed E-state index contributed by atoms with van der Waals surface area (Å²) in [5, 5.41) is 2.46. The number of hydrogen-bond acceptors (Lipinski definition) is 2. The van der Waals surface area contributed by atoms with Crippen molar-refractivity contribution in [2.75, 3.05) is 13.6 Å². The summed E-state index contributed by atoms with van der Waals surface area (Å²) in [6, 6.07) is 0. The van der Waals surface area contributed by atoms with Gasteiger partial charge < -0.3 is 10.1 Å². The largest absolute Gasteiger partial charge is 0.423 e. The average molecular weight is 253 g/mol. The van der Waals surface area contributed by atoms with Crippen molar-refractivity contribution in [3.63, 3.8) is 0 Å². The smallest absolute Gasteiger partial charge is 0.354 e. The first kappa shape index (κ1) is 15.5. The van der Waals surface area contributed by atoms with Gasteiger partial charge in [0.1, 0.15) is 0 Å². The summed E-state index contributed by atoms with van der Waals surface area (Å²) in [5.41, 5.74) is -1.57. The number of alkyl halides is 6. The molecule has 0 saturated heterocycles. The van der Waals surface area contributed by atoms with Crippen molar-refractivity contribution in [2.45, 2.75) is 37.9 Å². The minimum atomic E-state index is -5.47. The van der Waals surface area contributed by atoms with E-state index in [9.17, 15) is 26.3 Å². The molecule has 98 valence electrons. The first-order valence-electron chi connectivity index (χ1n) is 4.36. The molecule has 16 heavy (non-hydrogen) atoms. The Morgan fingerprint density at radius 1 is 1.00 bits per heavy atom. The fourth-order valence-electron chi connectivity index (χ4n) is 1.11. The van der Waals surface area contributed by atoms with Gasteiger partial charge in [0.15, 0.2) is 0 Å². The van der Waals surface area contributed by atoms with Crippen LogP contribution < -0.4 is 5.32 Å². The lowest BCUT2D eigenvalue weighted by Crippen LogP contribution is -2.51. The normalized spacial score (nSPS) is 14.6. The van der Waals surface area contributed by atoms with Gasteiger partial charge in [-0.15, -0.1) is 0 Å². The molecule has 0 aromatic heterocycles. The molecular weight excluding hydrogens is 240 g/mol. The molecule has 0 radical (unpaired) electrons. The molecule has 1 N–H and O–H groups in total. The van der Waals surface area contributed by atoms with E-state index < -0.39 is 24.1 Å². The Morgan fingerprint density at radius 2 is 1.38 bits per heavy atom. The molecule has 0 aliphatic carbocycles. The van der Waals surface area contributed by atoms with E-state index in [0.717, 1.165) is 13.8 Å². The van der Waals surface area contributed by atoms with E-state index >= 15 is 0 Å². The molecule has 0 aliphatic heterocycles. The van der Waals surface area contributed by atoms with E-state index in [-0.39, 0.29) is 6.54 Å². The van der Waals surface area contributed by atoms with Gasteiger partial charge in [-0.2, -0.15) is 26.3 Å². The van der Waals surface area contributed by atoms with Crippen molar-refractivity contribution in [3.8, 4) is 0 Å². The Labute approximate surface area is 89.0 Å². The molecular formula is C8H13F6NO. The summed E-state index contributed by atoms with van der Waals surface area (Å²) in [4.78, 5) is 0. The molecule has 0 spiro atoms. The molecule has 0 aromatic carbocycles. The van der Waals surface area contributed by atoms with Crippen LogP contribution in [0.2, 0.25) is 0 Å². The van der Waals surface area contributed by atoms with Crippen molar-refractivity contribution in [3.05, 3.63) is 0 Å². The quantitative estimate of drug-likeness (QED) is 0.777.